The van der Waals surface area contributed by atoms with Crippen molar-refractivity contribution in [2.45, 2.75) is 25.8 Å². The molecule has 9 heteroatoms. The van der Waals surface area contributed by atoms with Gasteiger partial charge in [-0.3, -0.25) is 19.8 Å². The Morgan fingerprint density at radius 2 is 1.90 bits per heavy atom. The number of likely N-dealkylation sites (tertiary alicyclic amines) is 1. The van der Waals surface area contributed by atoms with Crippen LogP contribution >= 0.6 is 0 Å². The predicted molar refractivity (Wildman–Crippen MR) is 117 cm³/mol. The molecule has 9 nitrogen and oxygen atoms in total. The Labute approximate surface area is 179 Å². The fourth-order valence-electron chi connectivity index (χ4n) is 3.80. The van der Waals surface area contributed by atoms with Gasteiger partial charge in [-0.2, -0.15) is 0 Å². The third-order valence-electron chi connectivity index (χ3n) is 5.49. The van der Waals surface area contributed by atoms with E-state index in [9.17, 15) is 14.9 Å². The number of hydrogen-bond donors (Lipinski definition) is 1. The first-order valence-electron chi connectivity index (χ1n) is 10.3. The van der Waals surface area contributed by atoms with Crippen molar-refractivity contribution in [1.29, 1.82) is 0 Å². The second-order valence-corrected chi connectivity index (χ2v) is 7.72. The number of aromatic nitrogens is 2. The average Bonchev–Trinajstić information content (AvgIpc) is 3.08. The normalized spacial score (nSPS) is 14.5. The van der Waals surface area contributed by atoms with Crippen molar-refractivity contribution in [1.82, 2.24) is 14.5 Å². The second kappa shape index (κ2) is 9.13. The zero-order valence-electron chi connectivity index (χ0n) is 17.4. The fraction of sp³-hybridized carbons (Fsp3) is 0.364. The molecule has 1 aliphatic rings. The van der Waals surface area contributed by atoms with Crippen LogP contribution in [0.25, 0.3) is 11.0 Å². The first kappa shape index (κ1) is 20.8. The topological polar surface area (TPSA) is 103 Å². The lowest BCUT2D eigenvalue weighted by molar-refractivity contribution is -0.384. The van der Waals surface area contributed by atoms with Gasteiger partial charge >= 0.3 is 0 Å². The van der Waals surface area contributed by atoms with Gasteiger partial charge < -0.3 is 14.6 Å². The third kappa shape index (κ3) is 5.00. The molecular weight excluding hydrogens is 398 g/mol. The summed E-state index contributed by atoms with van der Waals surface area (Å²) >= 11 is 0. The van der Waals surface area contributed by atoms with E-state index >= 15 is 0 Å². The molecule has 0 saturated carbocycles. The molecule has 2 aromatic carbocycles. The predicted octanol–water partition coefficient (Wildman–Crippen LogP) is 3.48. The lowest BCUT2D eigenvalue weighted by atomic mass is 10.1. The van der Waals surface area contributed by atoms with Crippen LogP contribution in [0.1, 0.15) is 25.1 Å². The first-order chi connectivity index (χ1) is 15.0. The van der Waals surface area contributed by atoms with E-state index in [0.29, 0.717) is 11.4 Å². The van der Waals surface area contributed by atoms with Crippen LogP contribution in [0.2, 0.25) is 0 Å². The summed E-state index contributed by atoms with van der Waals surface area (Å²) in [6, 6.07) is 11.3. The molecule has 0 spiro atoms. The first-order valence-corrected chi connectivity index (χ1v) is 10.3. The molecule has 0 atom stereocenters. The molecule has 1 N–H and O–H groups in total. The Kier molecular flexibility index (Phi) is 6.13. The minimum Gasteiger partial charge on any atom is -0.484 e. The minimum absolute atomic E-state index is 0.0277. The number of carbonyl (C=O) groups is 1. The van der Waals surface area contributed by atoms with Gasteiger partial charge in [-0.05, 0) is 56.3 Å². The standard InChI is InChI=1S/C22H25N5O4/c1-25-20-10-5-16(13-19(20)24-21(25)14-26-11-3-2-4-12-26)23-22(28)15-31-18-8-6-17(7-9-18)27(29)30/h5-10,13H,2-4,11-12,14-15H2,1H3,(H,23,28). The van der Waals surface area contributed by atoms with Crippen molar-refractivity contribution >= 4 is 28.3 Å². The quantitative estimate of drug-likeness (QED) is 0.461. The van der Waals surface area contributed by atoms with E-state index in [0.717, 1.165) is 36.5 Å². The van der Waals surface area contributed by atoms with Crippen LogP contribution in [0.4, 0.5) is 11.4 Å². The molecule has 0 radical (unpaired) electrons. The van der Waals surface area contributed by atoms with E-state index < -0.39 is 4.92 Å². The maximum Gasteiger partial charge on any atom is 0.269 e. The van der Waals surface area contributed by atoms with Gasteiger partial charge in [0.2, 0.25) is 0 Å². The van der Waals surface area contributed by atoms with Gasteiger partial charge in [-0.25, -0.2) is 4.98 Å². The Morgan fingerprint density at radius 3 is 2.61 bits per heavy atom. The van der Waals surface area contributed by atoms with E-state index in [4.69, 9.17) is 9.72 Å². The van der Waals surface area contributed by atoms with E-state index in [2.05, 4.69) is 14.8 Å². The summed E-state index contributed by atoms with van der Waals surface area (Å²) in [4.78, 5) is 29.7. The molecule has 1 saturated heterocycles. The number of nitrogens with one attached hydrogen (secondary N) is 1. The highest BCUT2D eigenvalue weighted by atomic mass is 16.6. The smallest absolute Gasteiger partial charge is 0.269 e. The molecule has 0 unspecified atom stereocenters. The molecule has 162 valence electrons. The summed E-state index contributed by atoms with van der Waals surface area (Å²) in [5, 5.41) is 13.5. The molecule has 1 amide bonds. The van der Waals surface area contributed by atoms with E-state index in [-0.39, 0.29) is 18.2 Å². The van der Waals surface area contributed by atoms with Gasteiger partial charge in [0.1, 0.15) is 11.6 Å². The number of non-ortho nitro benzene ring substituents is 1. The average molecular weight is 423 g/mol. The maximum atomic E-state index is 12.3. The van der Waals surface area contributed by atoms with Crippen molar-refractivity contribution in [3.8, 4) is 5.75 Å². The summed E-state index contributed by atoms with van der Waals surface area (Å²) in [6.45, 7) is 2.85. The van der Waals surface area contributed by atoms with Gasteiger partial charge in [-0.15, -0.1) is 0 Å². The van der Waals surface area contributed by atoms with Gasteiger partial charge in [0, 0.05) is 24.9 Å². The van der Waals surface area contributed by atoms with E-state index in [1.807, 2.05) is 25.2 Å². The van der Waals surface area contributed by atoms with Crippen LogP contribution in [0.15, 0.2) is 42.5 Å². The van der Waals surface area contributed by atoms with Gasteiger partial charge in [0.05, 0.1) is 22.5 Å². The number of piperidine rings is 1. The monoisotopic (exact) mass is 423 g/mol. The molecule has 0 bridgehead atoms. The van der Waals surface area contributed by atoms with Crippen molar-refractivity contribution < 1.29 is 14.5 Å². The van der Waals surface area contributed by atoms with Crippen LogP contribution in [-0.2, 0) is 18.4 Å². The lowest BCUT2D eigenvalue weighted by Crippen LogP contribution is -2.30. The van der Waals surface area contributed by atoms with Crippen molar-refractivity contribution in [2.75, 3.05) is 25.0 Å². The molecule has 1 aromatic heterocycles. The summed E-state index contributed by atoms with van der Waals surface area (Å²) in [5.74, 6) is 1.09. The molecule has 1 fully saturated rings. The number of amides is 1. The molecule has 1 aliphatic heterocycles. The van der Waals surface area contributed by atoms with Crippen LogP contribution in [0, 0.1) is 10.1 Å². The highest BCUT2D eigenvalue weighted by Gasteiger charge is 2.15. The molecular formula is C22H25N5O4. The van der Waals surface area contributed by atoms with Crippen LogP contribution in [-0.4, -0.2) is 45.0 Å². The summed E-state index contributed by atoms with van der Waals surface area (Å²) in [7, 11) is 2.02. The largest absolute Gasteiger partial charge is 0.484 e. The molecule has 0 aliphatic carbocycles. The number of anilines is 1. The van der Waals surface area contributed by atoms with Crippen LogP contribution in [0.3, 0.4) is 0 Å². The van der Waals surface area contributed by atoms with Crippen LogP contribution < -0.4 is 10.1 Å². The van der Waals surface area contributed by atoms with E-state index in [1.165, 1.54) is 43.5 Å². The number of ether oxygens (including phenoxy) is 1. The van der Waals surface area contributed by atoms with Crippen molar-refractivity contribution in [2.24, 2.45) is 7.05 Å². The number of nitro benzene ring substituents is 1. The number of rotatable bonds is 7. The lowest BCUT2D eigenvalue weighted by Gasteiger charge is -2.25. The van der Waals surface area contributed by atoms with Gasteiger partial charge in [0.15, 0.2) is 6.61 Å². The fourth-order valence-corrected chi connectivity index (χ4v) is 3.80. The zero-order chi connectivity index (χ0) is 21.8. The summed E-state index contributed by atoms with van der Waals surface area (Å²) in [6.07, 6.45) is 3.78. The highest BCUT2D eigenvalue weighted by molar-refractivity contribution is 5.94. The Morgan fingerprint density at radius 1 is 1.16 bits per heavy atom. The number of aryl methyl sites for hydroxylation is 1. The van der Waals surface area contributed by atoms with Gasteiger partial charge in [0.25, 0.3) is 11.6 Å². The number of nitrogens with zero attached hydrogens (tertiary/aromatic N) is 4. The third-order valence-corrected chi connectivity index (χ3v) is 5.49. The molecule has 31 heavy (non-hydrogen) atoms. The SMILES string of the molecule is Cn1c(CN2CCCCC2)nc2cc(NC(=O)COc3ccc([N+](=O)[O-])cc3)ccc21. The number of benzene rings is 2. The molecule has 4 rings (SSSR count). The van der Waals surface area contributed by atoms with Crippen molar-refractivity contribution in [3.63, 3.8) is 0 Å². The molecule has 2 heterocycles. The number of imidazole rings is 1. The summed E-state index contributed by atoms with van der Waals surface area (Å²) in [5.41, 5.74) is 2.48. The number of nitro groups is 1. The number of hydrogen-bond acceptors (Lipinski definition) is 6. The van der Waals surface area contributed by atoms with Gasteiger partial charge in [-0.1, -0.05) is 6.42 Å². The number of carbonyl (C=O) groups excluding carboxylic acids is 1. The highest BCUT2D eigenvalue weighted by Crippen LogP contribution is 2.22. The zero-order valence-corrected chi connectivity index (χ0v) is 17.4. The second-order valence-electron chi connectivity index (χ2n) is 7.72. The molecule has 3 aromatic rings. The Balaban J connectivity index is 1.37. The Bertz CT molecular complexity index is 1090. The van der Waals surface area contributed by atoms with Crippen molar-refractivity contribution in [3.05, 3.63) is 58.4 Å². The number of fused-ring (bicyclic) bond motifs is 1. The minimum atomic E-state index is -0.484. The maximum absolute atomic E-state index is 12.3. The van der Waals surface area contributed by atoms with E-state index in [1.54, 1.807) is 0 Å². The Hall–Kier alpha value is -3.46. The van der Waals surface area contributed by atoms with Crippen LogP contribution in [0.5, 0.6) is 5.75 Å². The summed E-state index contributed by atoms with van der Waals surface area (Å²) < 4.78 is 7.51.